The van der Waals surface area contributed by atoms with Gasteiger partial charge in [-0.1, -0.05) is 29.8 Å². The monoisotopic (exact) mass is 435 g/mol. The topological polar surface area (TPSA) is 72.9 Å². The van der Waals surface area contributed by atoms with Crippen molar-refractivity contribution >= 4 is 33.7 Å². The average Bonchev–Trinajstić information content (AvgIpc) is 3.17. The molecule has 1 aromatic rings. The molecule has 0 aromatic heterocycles. The molecule has 3 aliphatic rings. The molecule has 27 heavy (non-hydrogen) atoms. The Labute approximate surface area is 166 Å². The van der Waals surface area contributed by atoms with Gasteiger partial charge in [0.25, 0.3) is 11.8 Å². The van der Waals surface area contributed by atoms with Gasteiger partial charge >= 0.3 is 5.97 Å². The number of carbonyl (C=O) groups excluding carboxylic acids is 3. The molecule has 2 fully saturated rings. The highest BCUT2D eigenvalue weighted by molar-refractivity contribution is 9.10. The average molecular weight is 436 g/mol. The number of nitrogens with zero attached hydrogens (tertiary/aromatic N) is 1. The van der Waals surface area contributed by atoms with Gasteiger partial charge in [-0.2, -0.15) is 0 Å². The van der Waals surface area contributed by atoms with Crippen LogP contribution in [0.5, 0.6) is 0 Å². The second kappa shape index (κ2) is 6.71. The van der Waals surface area contributed by atoms with E-state index in [0.717, 1.165) is 17.5 Å². The third-order valence-corrected chi connectivity index (χ3v) is 6.44. The minimum Gasteiger partial charge on any atom is -0.461 e. The maximum absolute atomic E-state index is 12.4. The molecule has 6 nitrogen and oxygen atoms in total. The summed E-state index contributed by atoms with van der Waals surface area (Å²) in [7, 11) is 0. The molecule has 2 heterocycles. The van der Waals surface area contributed by atoms with E-state index in [1.165, 1.54) is 4.90 Å². The summed E-state index contributed by atoms with van der Waals surface area (Å²) in [5, 5.41) is 0. The first kappa shape index (κ1) is 18.6. The first-order valence-electron chi connectivity index (χ1n) is 9.27. The van der Waals surface area contributed by atoms with Crippen LogP contribution >= 0.6 is 15.9 Å². The molecule has 0 radical (unpaired) electrons. The summed E-state index contributed by atoms with van der Waals surface area (Å²) < 4.78 is 12.2. The number of ether oxygens (including phenoxy) is 2. The van der Waals surface area contributed by atoms with Crippen molar-refractivity contribution in [2.75, 3.05) is 13.2 Å². The largest absolute Gasteiger partial charge is 0.461 e. The number of carbonyl (C=O) groups is 3. The Kier molecular flexibility index (Phi) is 4.63. The standard InChI is InChI=1S/C20H22BrNO5/c1-20(2)16-13(7-9-26-16)17(20)27-15(23)4-3-8-22-18(24)12-6-5-11(21)10-14(12)19(22)25/h5-6,10,13,16-17H,3-4,7-9H2,1-2H3/t13-,16+,17-/m0/s1. The lowest BCUT2D eigenvalue weighted by atomic mass is 9.59. The van der Waals surface area contributed by atoms with Crippen LogP contribution in [-0.2, 0) is 14.3 Å². The fourth-order valence-electron chi connectivity index (χ4n) is 4.57. The van der Waals surface area contributed by atoms with Gasteiger partial charge in [0, 0.05) is 35.4 Å². The zero-order valence-corrected chi connectivity index (χ0v) is 17.0. The number of imide groups is 1. The van der Waals surface area contributed by atoms with Crippen molar-refractivity contribution in [3.05, 3.63) is 33.8 Å². The van der Waals surface area contributed by atoms with Crippen molar-refractivity contribution in [1.82, 2.24) is 4.90 Å². The lowest BCUT2D eigenvalue weighted by Crippen LogP contribution is -2.61. The van der Waals surface area contributed by atoms with E-state index in [1.54, 1.807) is 18.2 Å². The Hall–Kier alpha value is -1.73. The molecule has 1 aliphatic carbocycles. The van der Waals surface area contributed by atoms with Gasteiger partial charge in [-0.25, -0.2) is 0 Å². The molecule has 0 unspecified atom stereocenters. The van der Waals surface area contributed by atoms with Gasteiger partial charge in [0.05, 0.1) is 17.2 Å². The van der Waals surface area contributed by atoms with Gasteiger partial charge < -0.3 is 9.47 Å². The summed E-state index contributed by atoms with van der Waals surface area (Å²) in [5.74, 6) is -0.603. The quantitative estimate of drug-likeness (QED) is 0.524. The van der Waals surface area contributed by atoms with E-state index in [9.17, 15) is 14.4 Å². The molecule has 144 valence electrons. The molecule has 7 heteroatoms. The second-order valence-corrected chi connectivity index (χ2v) is 8.95. The number of hydrogen-bond acceptors (Lipinski definition) is 5. The van der Waals surface area contributed by atoms with Crippen LogP contribution < -0.4 is 0 Å². The minimum atomic E-state index is -0.310. The van der Waals surface area contributed by atoms with Crippen LogP contribution in [0.25, 0.3) is 0 Å². The molecular weight excluding hydrogens is 414 g/mol. The Morgan fingerprint density at radius 2 is 2.04 bits per heavy atom. The molecule has 4 rings (SSSR count). The summed E-state index contributed by atoms with van der Waals surface area (Å²) in [4.78, 5) is 38.3. The van der Waals surface area contributed by atoms with Crippen LogP contribution in [0, 0.1) is 11.3 Å². The minimum absolute atomic E-state index is 0.117. The first-order valence-corrected chi connectivity index (χ1v) is 10.1. The fraction of sp³-hybridized carbons (Fsp3) is 0.550. The molecule has 0 bridgehead atoms. The molecule has 1 aromatic carbocycles. The van der Waals surface area contributed by atoms with E-state index in [2.05, 4.69) is 29.8 Å². The molecule has 1 saturated carbocycles. The van der Waals surface area contributed by atoms with Crippen LogP contribution in [0.2, 0.25) is 0 Å². The fourth-order valence-corrected chi connectivity index (χ4v) is 4.93. The number of esters is 1. The van der Waals surface area contributed by atoms with Gasteiger partial charge in [-0.3, -0.25) is 19.3 Å². The highest BCUT2D eigenvalue weighted by atomic mass is 79.9. The van der Waals surface area contributed by atoms with E-state index in [1.807, 2.05) is 0 Å². The van der Waals surface area contributed by atoms with Gasteiger partial charge in [0.15, 0.2) is 0 Å². The predicted octanol–water partition coefficient (Wildman–Crippen LogP) is 3.18. The lowest BCUT2D eigenvalue weighted by Gasteiger charge is -2.53. The lowest BCUT2D eigenvalue weighted by molar-refractivity contribution is -0.210. The number of hydrogen-bond donors (Lipinski definition) is 0. The molecule has 2 aliphatic heterocycles. The van der Waals surface area contributed by atoms with E-state index in [0.29, 0.717) is 23.5 Å². The summed E-state index contributed by atoms with van der Waals surface area (Å²) in [5.41, 5.74) is 0.655. The van der Waals surface area contributed by atoms with Crippen LogP contribution in [0.3, 0.4) is 0 Å². The van der Waals surface area contributed by atoms with Crippen molar-refractivity contribution in [1.29, 1.82) is 0 Å². The van der Waals surface area contributed by atoms with Gasteiger partial charge in [-0.15, -0.1) is 0 Å². The molecular formula is C20H22BrNO5. The Balaban J connectivity index is 1.30. The van der Waals surface area contributed by atoms with Crippen LogP contribution in [0.4, 0.5) is 0 Å². The van der Waals surface area contributed by atoms with E-state index >= 15 is 0 Å². The van der Waals surface area contributed by atoms with Crippen LogP contribution in [0.15, 0.2) is 22.7 Å². The Bertz CT molecular complexity index is 821. The summed E-state index contributed by atoms with van der Waals surface area (Å²) in [6.45, 7) is 5.06. The SMILES string of the molecule is CC1(C)[C@@H]2OCC[C@@H]2[C@@H]1OC(=O)CCCN1C(=O)c2ccc(Br)cc2C1=O. The van der Waals surface area contributed by atoms with Crippen LogP contribution in [0.1, 0.15) is 53.8 Å². The molecule has 1 saturated heterocycles. The van der Waals surface area contributed by atoms with E-state index in [-0.39, 0.29) is 48.4 Å². The highest BCUT2D eigenvalue weighted by Gasteiger charge is 2.61. The molecule has 0 spiro atoms. The number of amides is 2. The summed E-state index contributed by atoms with van der Waals surface area (Å²) in [6, 6.07) is 5.04. The zero-order chi connectivity index (χ0) is 19.3. The van der Waals surface area contributed by atoms with Crippen molar-refractivity contribution < 1.29 is 23.9 Å². The molecule has 2 amide bonds. The number of rotatable bonds is 5. The van der Waals surface area contributed by atoms with Crippen molar-refractivity contribution in [3.63, 3.8) is 0 Å². The van der Waals surface area contributed by atoms with Gasteiger partial charge in [-0.05, 0) is 31.0 Å². The van der Waals surface area contributed by atoms with Crippen molar-refractivity contribution in [2.24, 2.45) is 11.3 Å². The van der Waals surface area contributed by atoms with Gasteiger partial charge in [0.1, 0.15) is 6.10 Å². The molecule has 0 N–H and O–H groups in total. The number of benzene rings is 1. The third kappa shape index (κ3) is 3.01. The Morgan fingerprint density at radius 1 is 1.30 bits per heavy atom. The maximum atomic E-state index is 12.4. The van der Waals surface area contributed by atoms with E-state index < -0.39 is 0 Å². The van der Waals surface area contributed by atoms with Crippen LogP contribution in [-0.4, -0.2) is 48.0 Å². The van der Waals surface area contributed by atoms with Crippen molar-refractivity contribution in [2.45, 2.75) is 45.3 Å². The molecule has 3 atom stereocenters. The second-order valence-electron chi connectivity index (χ2n) is 8.03. The third-order valence-electron chi connectivity index (χ3n) is 5.95. The predicted molar refractivity (Wildman–Crippen MR) is 100 cm³/mol. The first-order chi connectivity index (χ1) is 12.8. The summed E-state index contributed by atoms with van der Waals surface area (Å²) >= 11 is 3.32. The normalized spacial score (nSPS) is 28.0. The Morgan fingerprint density at radius 3 is 2.81 bits per heavy atom. The van der Waals surface area contributed by atoms with E-state index in [4.69, 9.17) is 9.47 Å². The zero-order valence-electron chi connectivity index (χ0n) is 15.4. The number of halogens is 1. The maximum Gasteiger partial charge on any atom is 0.306 e. The summed E-state index contributed by atoms with van der Waals surface area (Å²) in [6.07, 6.45) is 1.56. The highest BCUT2D eigenvalue weighted by Crippen LogP contribution is 2.53. The van der Waals surface area contributed by atoms with Gasteiger partial charge in [0.2, 0.25) is 0 Å². The van der Waals surface area contributed by atoms with Crippen molar-refractivity contribution in [3.8, 4) is 0 Å². The smallest absolute Gasteiger partial charge is 0.306 e. The number of fused-ring (bicyclic) bond motifs is 2.